The van der Waals surface area contributed by atoms with Crippen molar-refractivity contribution >= 4 is 17.7 Å². The Hall–Kier alpha value is -3.77. The highest BCUT2D eigenvalue weighted by Crippen LogP contribution is 2.23. The van der Waals surface area contributed by atoms with Crippen molar-refractivity contribution in [3.05, 3.63) is 59.7 Å². The number of nitriles is 2. The molecule has 0 heterocycles. The third kappa shape index (κ3) is 5.12. The molecule has 0 aliphatic rings. The number of hydrogen-bond acceptors (Lipinski definition) is 5. The van der Waals surface area contributed by atoms with Gasteiger partial charge in [-0.1, -0.05) is 24.3 Å². The van der Waals surface area contributed by atoms with Gasteiger partial charge in [-0.05, 0) is 35.9 Å². The Bertz CT molecular complexity index is 843. The maximum Gasteiger partial charge on any atom is 0.262 e. The second-order valence-electron chi connectivity index (χ2n) is 4.89. The summed E-state index contributed by atoms with van der Waals surface area (Å²) in [5.41, 5.74) is 1.29. The van der Waals surface area contributed by atoms with Crippen LogP contribution in [0.4, 0.5) is 5.69 Å². The van der Waals surface area contributed by atoms with Gasteiger partial charge in [-0.15, -0.1) is 0 Å². The molecule has 0 aliphatic carbocycles. The smallest absolute Gasteiger partial charge is 0.262 e. The Balaban J connectivity index is 1.93. The van der Waals surface area contributed by atoms with Gasteiger partial charge >= 0.3 is 0 Å². The first kappa shape index (κ1) is 17.6. The number of nitrogens with one attached hydrogen (secondary N) is 1. The Morgan fingerprint density at radius 2 is 1.80 bits per heavy atom. The van der Waals surface area contributed by atoms with Crippen molar-refractivity contribution in [2.24, 2.45) is 0 Å². The van der Waals surface area contributed by atoms with Crippen molar-refractivity contribution in [1.82, 2.24) is 0 Å². The molecule has 0 saturated carbocycles. The Kier molecular flexibility index (Phi) is 6.16. The van der Waals surface area contributed by atoms with Crippen LogP contribution < -0.4 is 14.8 Å². The quantitative estimate of drug-likeness (QED) is 0.819. The first-order chi connectivity index (χ1) is 12.2. The van der Waals surface area contributed by atoms with Gasteiger partial charge in [0.05, 0.1) is 12.8 Å². The molecule has 0 aliphatic heterocycles. The largest absolute Gasteiger partial charge is 0.495 e. The fourth-order valence-corrected chi connectivity index (χ4v) is 2.00. The summed E-state index contributed by atoms with van der Waals surface area (Å²) >= 11 is 0. The highest BCUT2D eigenvalue weighted by molar-refractivity contribution is 5.93. The molecule has 1 amide bonds. The van der Waals surface area contributed by atoms with Crippen molar-refractivity contribution in [3.8, 4) is 23.6 Å². The topological polar surface area (TPSA) is 95.1 Å². The van der Waals surface area contributed by atoms with Crippen LogP contribution in [-0.4, -0.2) is 19.6 Å². The third-order valence-electron chi connectivity index (χ3n) is 3.18. The standard InChI is InChI=1S/C19H15N3O3/c1-24-18-5-3-2-4-17(18)22-19(23)13-25-16-8-6-14(7-9-16)10-15(11-20)12-21/h2-10H,13H2,1H3,(H,22,23). The summed E-state index contributed by atoms with van der Waals surface area (Å²) < 4.78 is 10.6. The minimum Gasteiger partial charge on any atom is -0.495 e. The number of carbonyl (C=O) groups excluding carboxylic acids is 1. The molecule has 124 valence electrons. The number of methoxy groups -OCH3 is 1. The number of hydrogen-bond donors (Lipinski definition) is 1. The Morgan fingerprint density at radius 3 is 2.44 bits per heavy atom. The lowest BCUT2D eigenvalue weighted by atomic mass is 10.1. The van der Waals surface area contributed by atoms with E-state index in [9.17, 15) is 4.79 Å². The van der Waals surface area contributed by atoms with Crippen molar-refractivity contribution in [2.45, 2.75) is 0 Å². The zero-order valence-corrected chi connectivity index (χ0v) is 13.5. The van der Waals surface area contributed by atoms with E-state index in [2.05, 4.69) is 5.32 Å². The summed E-state index contributed by atoms with van der Waals surface area (Å²) in [5.74, 6) is 0.755. The average molecular weight is 333 g/mol. The number of allylic oxidation sites excluding steroid dienone is 1. The van der Waals surface area contributed by atoms with Gasteiger partial charge in [0.25, 0.3) is 5.91 Å². The summed E-state index contributed by atoms with van der Waals surface area (Å²) in [7, 11) is 1.53. The number of rotatable bonds is 6. The summed E-state index contributed by atoms with van der Waals surface area (Å²) in [5, 5.41) is 20.2. The molecule has 2 aromatic rings. The summed E-state index contributed by atoms with van der Waals surface area (Å²) in [6, 6.07) is 17.4. The number of benzene rings is 2. The van der Waals surface area contributed by atoms with Crippen LogP contribution in [0.1, 0.15) is 5.56 Å². The van der Waals surface area contributed by atoms with E-state index in [1.807, 2.05) is 6.07 Å². The Labute approximate surface area is 145 Å². The molecule has 0 fully saturated rings. The van der Waals surface area contributed by atoms with E-state index in [4.69, 9.17) is 20.0 Å². The molecule has 2 rings (SSSR count). The van der Waals surface area contributed by atoms with Gasteiger partial charge in [-0.2, -0.15) is 10.5 Å². The second-order valence-corrected chi connectivity index (χ2v) is 4.89. The fraction of sp³-hybridized carbons (Fsp3) is 0.105. The monoisotopic (exact) mass is 333 g/mol. The number of ether oxygens (including phenoxy) is 2. The first-order valence-electron chi connectivity index (χ1n) is 7.34. The lowest BCUT2D eigenvalue weighted by Crippen LogP contribution is -2.20. The highest BCUT2D eigenvalue weighted by atomic mass is 16.5. The third-order valence-corrected chi connectivity index (χ3v) is 3.18. The molecule has 0 spiro atoms. The van der Waals surface area contributed by atoms with Gasteiger partial charge in [0.15, 0.2) is 6.61 Å². The van der Waals surface area contributed by atoms with Crippen LogP contribution in [0.15, 0.2) is 54.1 Å². The maximum atomic E-state index is 12.0. The first-order valence-corrected chi connectivity index (χ1v) is 7.34. The molecule has 0 radical (unpaired) electrons. The number of carbonyl (C=O) groups is 1. The van der Waals surface area contributed by atoms with Gasteiger partial charge in [0.2, 0.25) is 0 Å². The van der Waals surface area contributed by atoms with Crippen molar-refractivity contribution in [2.75, 3.05) is 19.0 Å². The van der Waals surface area contributed by atoms with E-state index in [1.165, 1.54) is 13.2 Å². The van der Waals surface area contributed by atoms with E-state index in [1.54, 1.807) is 54.6 Å². The van der Waals surface area contributed by atoms with Crippen molar-refractivity contribution in [3.63, 3.8) is 0 Å². The molecule has 1 N–H and O–H groups in total. The van der Waals surface area contributed by atoms with Crippen LogP contribution in [-0.2, 0) is 4.79 Å². The van der Waals surface area contributed by atoms with Gasteiger partial charge in [-0.3, -0.25) is 4.79 Å². The van der Waals surface area contributed by atoms with Crippen LogP contribution in [0.3, 0.4) is 0 Å². The Morgan fingerprint density at radius 1 is 1.12 bits per heavy atom. The van der Waals surface area contributed by atoms with Crippen LogP contribution in [0, 0.1) is 22.7 Å². The van der Waals surface area contributed by atoms with Crippen LogP contribution in [0.2, 0.25) is 0 Å². The maximum absolute atomic E-state index is 12.0. The lowest BCUT2D eigenvalue weighted by Gasteiger charge is -2.10. The minimum atomic E-state index is -0.315. The average Bonchev–Trinajstić information content (AvgIpc) is 2.65. The van der Waals surface area contributed by atoms with Crippen LogP contribution in [0.5, 0.6) is 11.5 Å². The lowest BCUT2D eigenvalue weighted by molar-refractivity contribution is -0.118. The van der Waals surface area contributed by atoms with E-state index < -0.39 is 0 Å². The minimum absolute atomic E-state index is 0.0184. The fourth-order valence-electron chi connectivity index (χ4n) is 2.00. The normalized spacial score (nSPS) is 9.24. The second kappa shape index (κ2) is 8.76. The number of anilines is 1. The zero-order chi connectivity index (χ0) is 18.1. The van der Waals surface area contributed by atoms with E-state index in [0.717, 1.165) is 0 Å². The number of para-hydroxylation sites is 2. The molecule has 0 unspecified atom stereocenters. The van der Waals surface area contributed by atoms with Crippen LogP contribution >= 0.6 is 0 Å². The molecule has 6 nitrogen and oxygen atoms in total. The molecule has 2 aromatic carbocycles. The molecule has 6 heteroatoms. The highest BCUT2D eigenvalue weighted by Gasteiger charge is 2.07. The van der Waals surface area contributed by atoms with Gasteiger partial charge in [-0.25, -0.2) is 0 Å². The van der Waals surface area contributed by atoms with E-state index in [-0.39, 0.29) is 18.1 Å². The van der Waals surface area contributed by atoms with Gasteiger partial charge in [0, 0.05) is 0 Å². The predicted octanol–water partition coefficient (Wildman–Crippen LogP) is 3.14. The van der Waals surface area contributed by atoms with Crippen LogP contribution in [0.25, 0.3) is 6.08 Å². The molecule has 25 heavy (non-hydrogen) atoms. The predicted molar refractivity (Wildman–Crippen MR) is 92.8 cm³/mol. The molecule has 0 aromatic heterocycles. The summed E-state index contributed by atoms with van der Waals surface area (Å²) in [6.07, 6.45) is 1.47. The summed E-state index contributed by atoms with van der Waals surface area (Å²) in [6.45, 7) is -0.158. The molecular formula is C19H15N3O3. The van der Waals surface area contributed by atoms with Gasteiger partial charge in [0.1, 0.15) is 29.2 Å². The van der Waals surface area contributed by atoms with Crippen molar-refractivity contribution in [1.29, 1.82) is 10.5 Å². The zero-order valence-electron chi connectivity index (χ0n) is 13.5. The number of amides is 1. The van der Waals surface area contributed by atoms with E-state index in [0.29, 0.717) is 22.7 Å². The molecule has 0 bridgehead atoms. The number of nitrogens with zero attached hydrogens (tertiary/aromatic N) is 2. The van der Waals surface area contributed by atoms with E-state index >= 15 is 0 Å². The van der Waals surface area contributed by atoms with Gasteiger partial charge < -0.3 is 14.8 Å². The summed E-state index contributed by atoms with van der Waals surface area (Å²) in [4.78, 5) is 12.0. The molecular weight excluding hydrogens is 318 g/mol. The SMILES string of the molecule is COc1ccccc1NC(=O)COc1ccc(C=C(C#N)C#N)cc1. The van der Waals surface area contributed by atoms with Crippen molar-refractivity contribution < 1.29 is 14.3 Å². The molecule has 0 saturated heterocycles. The molecule has 0 atom stereocenters.